The fraction of sp³-hybridized carbons (Fsp3) is 0. The van der Waals surface area contributed by atoms with Crippen molar-refractivity contribution in [3.8, 4) is 5.75 Å². The van der Waals surface area contributed by atoms with Crippen molar-refractivity contribution in [2.45, 2.75) is 0 Å². The Morgan fingerprint density at radius 1 is 0.833 bits per heavy atom. The molecule has 11 heteroatoms. The molecule has 1 N–H and O–H groups in total. The standard InChI is InChI=1S/C25H16N4O7/c30-24(22-7-3-5-16-4-1-2-6-21(16)22)27-26-15-18-14-20(29(34)35)12-13-23(18)36-25(31)17-8-10-19(11-9-17)28(32)33/h1-15H,(H,27,30)/b26-15+. The third kappa shape index (κ3) is 5.20. The van der Waals surface area contributed by atoms with Gasteiger partial charge in [0.05, 0.1) is 21.6 Å². The first-order chi connectivity index (χ1) is 17.3. The summed E-state index contributed by atoms with van der Waals surface area (Å²) in [6, 6.07) is 20.8. The number of nitrogens with one attached hydrogen (secondary N) is 1. The topological polar surface area (TPSA) is 154 Å². The van der Waals surface area contributed by atoms with Crippen LogP contribution >= 0.6 is 0 Å². The van der Waals surface area contributed by atoms with Crippen LogP contribution in [0.1, 0.15) is 26.3 Å². The maximum absolute atomic E-state index is 12.7. The van der Waals surface area contributed by atoms with Gasteiger partial charge in [-0.3, -0.25) is 25.0 Å². The molecule has 11 nitrogen and oxygen atoms in total. The van der Waals surface area contributed by atoms with Crippen LogP contribution in [-0.2, 0) is 0 Å². The number of rotatable bonds is 7. The number of amides is 1. The van der Waals surface area contributed by atoms with Crippen molar-refractivity contribution in [3.05, 3.63) is 122 Å². The van der Waals surface area contributed by atoms with E-state index < -0.39 is 21.7 Å². The van der Waals surface area contributed by atoms with Crippen molar-refractivity contribution < 1.29 is 24.2 Å². The number of nitro groups is 2. The molecule has 0 bridgehead atoms. The fourth-order valence-corrected chi connectivity index (χ4v) is 3.37. The van der Waals surface area contributed by atoms with Crippen LogP contribution in [0, 0.1) is 20.2 Å². The zero-order chi connectivity index (χ0) is 25.7. The molecule has 0 aliphatic heterocycles. The first kappa shape index (κ1) is 23.7. The summed E-state index contributed by atoms with van der Waals surface area (Å²) >= 11 is 0. The lowest BCUT2D eigenvalue weighted by Crippen LogP contribution is -2.18. The van der Waals surface area contributed by atoms with Gasteiger partial charge in [-0.15, -0.1) is 0 Å². The Morgan fingerprint density at radius 2 is 1.50 bits per heavy atom. The molecule has 0 fully saturated rings. The number of hydrazone groups is 1. The Morgan fingerprint density at radius 3 is 2.22 bits per heavy atom. The minimum Gasteiger partial charge on any atom is -0.422 e. The molecule has 0 atom stereocenters. The largest absolute Gasteiger partial charge is 0.422 e. The number of hydrogen-bond acceptors (Lipinski definition) is 8. The molecule has 4 aromatic carbocycles. The molecule has 0 unspecified atom stereocenters. The predicted molar refractivity (Wildman–Crippen MR) is 130 cm³/mol. The highest BCUT2D eigenvalue weighted by Crippen LogP contribution is 2.24. The third-order valence-electron chi connectivity index (χ3n) is 5.12. The average Bonchev–Trinajstić information content (AvgIpc) is 2.89. The van der Waals surface area contributed by atoms with Crippen molar-refractivity contribution in [3.63, 3.8) is 0 Å². The smallest absolute Gasteiger partial charge is 0.343 e. The van der Waals surface area contributed by atoms with E-state index in [1.165, 1.54) is 18.2 Å². The number of hydrogen-bond donors (Lipinski definition) is 1. The van der Waals surface area contributed by atoms with Crippen LogP contribution in [0.2, 0.25) is 0 Å². The van der Waals surface area contributed by atoms with Gasteiger partial charge < -0.3 is 4.74 Å². The molecule has 4 rings (SSSR count). The van der Waals surface area contributed by atoms with Gasteiger partial charge >= 0.3 is 5.97 Å². The summed E-state index contributed by atoms with van der Waals surface area (Å²) in [6.45, 7) is 0. The summed E-state index contributed by atoms with van der Waals surface area (Å²) in [7, 11) is 0. The van der Waals surface area contributed by atoms with Gasteiger partial charge in [-0.2, -0.15) is 5.10 Å². The Bertz CT molecular complexity index is 1530. The zero-order valence-corrected chi connectivity index (χ0v) is 18.4. The molecule has 0 saturated carbocycles. The van der Waals surface area contributed by atoms with E-state index in [1.54, 1.807) is 24.3 Å². The highest BCUT2D eigenvalue weighted by Gasteiger charge is 2.16. The molecule has 4 aromatic rings. The maximum Gasteiger partial charge on any atom is 0.343 e. The van der Waals surface area contributed by atoms with E-state index >= 15 is 0 Å². The van der Waals surface area contributed by atoms with Crippen molar-refractivity contribution >= 4 is 40.2 Å². The van der Waals surface area contributed by atoms with Gasteiger partial charge in [0, 0.05) is 35.4 Å². The van der Waals surface area contributed by atoms with Crippen molar-refractivity contribution in [2.24, 2.45) is 5.10 Å². The highest BCUT2D eigenvalue weighted by molar-refractivity contribution is 6.07. The second-order valence-corrected chi connectivity index (χ2v) is 7.40. The third-order valence-corrected chi connectivity index (χ3v) is 5.12. The fourth-order valence-electron chi connectivity index (χ4n) is 3.37. The Labute approximate surface area is 202 Å². The summed E-state index contributed by atoms with van der Waals surface area (Å²) in [5.41, 5.74) is 2.36. The number of nitro benzene ring substituents is 2. The normalized spacial score (nSPS) is 10.8. The molecule has 0 aromatic heterocycles. The van der Waals surface area contributed by atoms with Crippen molar-refractivity contribution in [2.75, 3.05) is 0 Å². The van der Waals surface area contributed by atoms with Gasteiger partial charge in [0.15, 0.2) is 0 Å². The molecule has 178 valence electrons. The number of benzene rings is 4. The van der Waals surface area contributed by atoms with Gasteiger partial charge in [-0.1, -0.05) is 36.4 Å². The monoisotopic (exact) mass is 484 g/mol. The van der Waals surface area contributed by atoms with Crippen LogP contribution in [0.3, 0.4) is 0 Å². The molecule has 0 aliphatic rings. The second-order valence-electron chi connectivity index (χ2n) is 7.40. The molecule has 0 saturated heterocycles. The van der Waals surface area contributed by atoms with Crippen LogP contribution in [-0.4, -0.2) is 27.9 Å². The second kappa shape index (κ2) is 10.2. The van der Waals surface area contributed by atoms with E-state index in [0.717, 1.165) is 41.3 Å². The first-order valence-corrected chi connectivity index (χ1v) is 10.4. The lowest BCUT2D eigenvalue weighted by Gasteiger charge is -2.08. The summed E-state index contributed by atoms with van der Waals surface area (Å²) in [5, 5.41) is 27.5. The number of non-ortho nitro benzene ring substituents is 2. The molecule has 0 heterocycles. The number of esters is 1. The highest BCUT2D eigenvalue weighted by atomic mass is 16.6. The van der Waals surface area contributed by atoms with Crippen molar-refractivity contribution in [1.29, 1.82) is 0 Å². The Balaban J connectivity index is 1.56. The molecule has 0 spiro atoms. The predicted octanol–water partition coefficient (Wildman–Crippen LogP) is 4.64. The summed E-state index contributed by atoms with van der Waals surface area (Å²) in [5.74, 6) is -1.40. The zero-order valence-electron chi connectivity index (χ0n) is 18.4. The lowest BCUT2D eigenvalue weighted by molar-refractivity contribution is -0.385. The van der Waals surface area contributed by atoms with E-state index in [9.17, 15) is 29.8 Å². The molecule has 36 heavy (non-hydrogen) atoms. The maximum atomic E-state index is 12.7. The van der Waals surface area contributed by atoms with Crippen LogP contribution in [0.5, 0.6) is 5.75 Å². The number of fused-ring (bicyclic) bond motifs is 1. The lowest BCUT2D eigenvalue weighted by atomic mass is 10.0. The van der Waals surface area contributed by atoms with Gasteiger partial charge in [0.1, 0.15) is 5.75 Å². The van der Waals surface area contributed by atoms with Crippen molar-refractivity contribution in [1.82, 2.24) is 5.43 Å². The quantitative estimate of drug-likeness (QED) is 0.132. The molecular formula is C25H16N4O7. The summed E-state index contributed by atoms with van der Waals surface area (Å²) < 4.78 is 5.33. The van der Waals surface area contributed by atoms with E-state index in [0.29, 0.717) is 5.56 Å². The van der Waals surface area contributed by atoms with Crippen LogP contribution in [0.4, 0.5) is 11.4 Å². The van der Waals surface area contributed by atoms with E-state index in [1.807, 2.05) is 18.2 Å². The minimum atomic E-state index is -0.840. The van der Waals surface area contributed by atoms with Gasteiger partial charge in [-0.25, -0.2) is 10.2 Å². The SMILES string of the molecule is O=C(Oc1ccc([N+](=O)[O-])cc1/C=N/NC(=O)c1cccc2ccccc12)c1ccc([N+](=O)[O-])cc1. The molecule has 0 radical (unpaired) electrons. The summed E-state index contributed by atoms with van der Waals surface area (Å²) in [6.07, 6.45) is 1.12. The van der Waals surface area contributed by atoms with E-state index in [4.69, 9.17) is 4.74 Å². The molecule has 1 amide bonds. The number of ether oxygens (including phenoxy) is 1. The first-order valence-electron chi connectivity index (χ1n) is 10.4. The number of nitrogens with zero attached hydrogens (tertiary/aromatic N) is 3. The van der Waals surface area contributed by atoms with E-state index in [2.05, 4.69) is 10.5 Å². The summed E-state index contributed by atoms with van der Waals surface area (Å²) in [4.78, 5) is 46.0. The van der Waals surface area contributed by atoms with Gasteiger partial charge in [0.2, 0.25) is 0 Å². The number of carbonyl (C=O) groups excluding carboxylic acids is 2. The molecule has 0 aliphatic carbocycles. The van der Waals surface area contributed by atoms with Crippen LogP contribution < -0.4 is 10.2 Å². The van der Waals surface area contributed by atoms with E-state index in [-0.39, 0.29) is 28.3 Å². The van der Waals surface area contributed by atoms with Gasteiger partial charge in [0.25, 0.3) is 17.3 Å². The minimum absolute atomic E-state index is 0.0334. The van der Waals surface area contributed by atoms with Crippen LogP contribution in [0.15, 0.2) is 90.0 Å². The average molecular weight is 484 g/mol. The van der Waals surface area contributed by atoms with Crippen LogP contribution in [0.25, 0.3) is 10.8 Å². The van der Waals surface area contributed by atoms with Gasteiger partial charge in [-0.05, 0) is 35.0 Å². The number of carbonyl (C=O) groups is 2. The Hall–Kier alpha value is -5.45. The molecular weight excluding hydrogens is 468 g/mol. The Kier molecular flexibility index (Phi) is 6.73.